The van der Waals surface area contributed by atoms with Gasteiger partial charge in [-0.05, 0) is 19.4 Å². The van der Waals surface area contributed by atoms with Gasteiger partial charge in [0, 0.05) is 5.56 Å². The summed E-state index contributed by atoms with van der Waals surface area (Å²) < 4.78 is 5.12. The zero-order valence-corrected chi connectivity index (χ0v) is 13.3. The fraction of sp³-hybridized carbons (Fsp3) is 0.278. The lowest BCUT2D eigenvalue weighted by Crippen LogP contribution is -2.22. The van der Waals surface area contributed by atoms with Crippen molar-refractivity contribution in [1.82, 2.24) is 0 Å². The highest BCUT2D eigenvalue weighted by Gasteiger charge is 2.23. The molecule has 0 aliphatic heterocycles. The van der Waals surface area contributed by atoms with Gasteiger partial charge in [-0.15, -0.1) is 0 Å². The Morgan fingerprint density at radius 2 is 2.04 bits per heavy atom. The number of H-pyrrole nitrogens is 1. The Balaban J connectivity index is 2.59. The predicted molar refractivity (Wildman–Crippen MR) is 87.9 cm³/mol. The fourth-order valence-corrected chi connectivity index (χ4v) is 2.23. The minimum atomic E-state index is -0.443. The number of carbonyl (C=O) groups is 1. The Hall–Kier alpha value is -2.87. The van der Waals surface area contributed by atoms with E-state index in [0.717, 1.165) is 18.5 Å². The molecule has 0 unspecified atom stereocenters. The minimum absolute atomic E-state index is 0.283. The van der Waals surface area contributed by atoms with E-state index in [1.165, 1.54) is 0 Å². The van der Waals surface area contributed by atoms with Gasteiger partial charge in [0.05, 0.1) is 13.2 Å². The highest BCUT2D eigenvalue weighted by Crippen LogP contribution is 2.23. The van der Waals surface area contributed by atoms with E-state index >= 15 is 0 Å². The van der Waals surface area contributed by atoms with E-state index in [9.17, 15) is 10.1 Å². The molecule has 2 aromatic rings. The summed E-state index contributed by atoms with van der Waals surface area (Å²) in [5.74, 6) is 0.169. The van der Waals surface area contributed by atoms with Gasteiger partial charge in [-0.1, -0.05) is 37.3 Å². The molecule has 0 amide bonds. The monoisotopic (exact) mass is 310 g/mol. The molecule has 5 nitrogen and oxygen atoms in total. The van der Waals surface area contributed by atoms with E-state index in [1.807, 2.05) is 37.3 Å². The quantitative estimate of drug-likeness (QED) is 0.832. The van der Waals surface area contributed by atoms with Crippen LogP contribution in [0.5, 0.6) is 0 Å². The number of esters is 1. The molecule has 1 aromatic carbocycles. The van der Waals surface area contributed by atoms with Crippen LogP contribution in [0.15, 0.2) is 36.4 Å². The van der Waals surface area contributed by atoms with Gasteiger partial charge in [-0.25, -0.2) is 9.78 Å². The van der Waals surface area contributed by atoms with Crippen molar-refractivity contribution in [3.05, 3.63) is 47.5 Å². The number of hydrogen-bond acceptors (Lipinski definition) is 4. The Morgan fingerprint density at radius 3 is 2.65 bits per heavy atom. The zero-order valence-electron chi connectivity index (χ0n) is 13.3. The highest BCUT2D eigenvalue weighted by molar-refractivity contribution is 5.96. The SMILES string of the molecule is CCCNc1[nH+]c(-c2ccccc2)c(C(=O)OCC)cc1C#N. The van der Waals surface area contributed by atoms with Gasteiger partial charge in [0.25, 0.3) is 5.82 Å². The standard InChI is InChI=1S/C18H19N3O2/c1-3-10-20-17-14(12-19)11-15(18(22)23-4-2)16(21-17)13-8-6-5-7-9-13/h5-9,11H,3-4,10H2,1-2H3,(H,20,21)/p+1. The average molecular weight is 310 g/mol. The summed E-state index contributed by atoms with van der Waals surface area (Å²) in [7, 11) is 0. The number of carbonyl (C=O) groups excluding carboxylic acids is 1. The summed E-state index contributed by atoms with van der Waals surface area (Å²) in [6.07, 6.45) is 0.930. The lowest BCUT2D eigenvalue weighted by atomic mass is 10.0. The minimum Gasteiger partial charge on any atom is -0.462 e. The maximum absolute atomic E-state index is 12.3. The smallest absolute Gasteiger partial charge is 0.342 e. The number of nitriles is 1. The highest BCUT2D eigenvalue weighted by atomic mass is 16.5. The fourth-order valence-electron chi connectivity index (χ4n) is 2.23. The lowest BCUT2D eigenvalue weighted by Gasteiger charge is -2.09. The van der Waals surface area contributed by atoms with Crippen LogP contribution in [-0.2, 0) is 4.74 Å². The Labute approximate surface area is 135 Å². The van der Waals surface area contributed by atoms with E-state index in [4.69, 9.17) is 4.74 Å². The summed E-state index contributed by atoms with van der Waals surface area (Å²) in [5.41, 5.74) is 2.25. The molecule has 0 spiro atoms. The molecule has 1 heterocycles. The number of rotatable bonds is 6. The van der Waals surface area contributed by atoms with Crippen LogP contribution < -0.4 is 10.3 Å². The summed E-state index contributed by atoms with van der Waals surface area (Å²) in [6.45, 7) is 4.82. The van der Waals surface area contributed by atoms with Gasteiger partial charge in [0.2, 0.25) is 0 Å². The molecule has 0 saturated heterocycles. The number of ether oxygens (including phenoxy) is 1. The number of aromatic amines is 1. The third-order valence-corrected chi connectivity index (χ3v) is 3.31. The van der Waals surface area contributed by atoms with Gasteiger partial charge in [0.15, 0.2) is 0 Å². The van der Waals surface area contributed by atoms with Crippen LogP contribution in [-0.4, -0.2) is 19.1 Å². The molecule has 118 valence electrons. The van der Waals surface area contributed by atoms with Crippen molar-refractivity contribution in [3.8, 4) is 17.3 Å². The first-order valence-electron chi connectivity index (χ1n) is 7.68. The third-order valence-electron chi connectivity index (χ3n) is 3.31. The molecule has 2 N–H and O–H groups in total. The summed E-state index contributed by atoms with van der Waals surface area (Å²) in [4.78, 5) is 15.4. The zero-order chi connectivity index (χ0) is 16.7. The molecule has 0 saturated carbocycles. The number of hydrogen-bond donors (Lipinski definition) is 1. The molecule has 5 heteroatoms. The molecule has 0 atom stereocenters. The first-order chi connectivity index (χ1) is 11.2. The van der Waals surface area contributed by atoms with Crippen molar-refractivity contribution in [2.75, 3.05) is 18.5 Å². The number of aromatic nitrogens is 1. The number of anilines is 1. The van der Waals surface area contributed by atoms with E-state index in [2.05, 4.69) is 16.4 Å². The predicted octanol–water partition coefficient (Wildman–Crippen LogP) is 3.04. The molecule has 0 bridgehead atoms. The van der Waals surface area contributed by atoms with Crippen molar-refractivity contribution in [1.29, 1.82) is 5.26 Å². The van der Waals surface area contributed by atoms with Crippen molar-refractivity contribution in [2.24, 2.45) is 0 Å². The van der Waals surface area contributed by atoms with Gasteiger partial charge in [-0.2, -0.15) is 5.26 Å². The van der Waals surface area contributed by atoms with Crippen molar-refractivity contribution < 1.29 is 14.5 Å². The van der Waals surface area contributed by atoms with Crippen LogP contribution in [0, 0.1) is 11.3 Å². The molecule has 1 aromatic heterocycles. The van der Waals surface area contributed by atoms with E-state index in [-0.39, 0.29) is 6.61 Å². The van der Waals surface area contributed by atoms with E-state index < -0.39 is 5.97 Å². The van der Waals surface area contributed by atoms with Crippen LogP contribution in [0.25, 0.3) is 11.3 Å². The molecule has 0 aliphatic rings. The topological polar surface area (TPSA) is 76.3 Å². The Bertz CT molecular complexity index is 721. The van der Waals surface area contributed by atoms with Crippen LogP contribution in [0.1, 0.15) is 36.2 Å². The second kappa shape index (κ2) is 7.95. The summed E-state index contributed by atoms with van der Waals surface area (Å²) in [6, 6.07) is 13.2. The molecule has 0 aliphatic carbocycles. The molecular weight excluding hydrogens is 290 g/mol. The van der Waals surface area contributed by atoms with Gasteiger partial charge >= 0.3 is 5.97 Å². The summed E-state index contributed by atoms with van der Waals surface area (Å²) in [5, 5.41) is 12.5. The number of pyridine rings is 1. The van der Waals surface area contributed by atoms with Crippen LogP contribution in [0.3, 0.4) is 0 Å². The number of benzene rings is 1. The lowest BCUT2D eigenvalue weighted by molar-refractivity contribution is -0.348. The van der Waals surface area contributed by atoms with Gasteiger partial charge < -0.3 is 4.74 Å². The van der Waals surface area contributed by atoms with Crippen molar-refractivity contribution >= 4 is 11.8 Å². The van der Waals surface area contributed by atoms with Gasteiger partial charge in [0.1, 0.15) is 22.9 Å². The Kier molecular flexibility index (Phi) is 5.70. The third kappa shape index (κ3) is 3.86. The van der Waals surface area contributed by atoms with Gasteiger partial charge in [-0.3, -0.25) is 5.32 Å². The molecule has 0 radical (unpaired) electrons. The first-order valence-corrected chi connectivity index (χ1v) is 7.68. The number of nitrogens with zero attached hydrogens (tertiary/aromatic N) is 1. The van der Waals surface area contributed by atoms with Crippen LogP contribution in [0.2, 0.25) is 0 Å². The summed E-state index contributed by atoms with van der Waals surface area (Å²) >= 11 is 0. The average Bonchev–Trinajstić information content (AvgIpc) is 2.60. The normalized spacial score (nSPS) is 9.96. The number of nitrogens with one attached hydrogen (secondary N) is 2. The maximum Gasteiger partial charge on any atom is 0.342 e. The second-order valence-electron chi connectivity index (χ2n) is 4.97. The first kappa shape index (κ1) is 16.5. The van der Waals surface area contributed by atoms with Crippen LogP contribution >= 0.6 is 0 Å². The largest absolute Gasteiger partial charge is 0.462 e. The maximum atomic E-state index is 12.3. The Morgan fingerprint density at radius 1 is 1.30 bits per heavy atom. The molecule has 0 fully saturated rings. The van der Waals surface area contributed by atoms with E-state index in [0.29, 0.717) is 22.6 Å². The molecule has 2 rings (SSSR count). The second-order valence-corrected chi connectivity index (χ2v) is 4.97. The molecular formula is C18H20N3O2+. The van der Waals surface area contributed by atoms with Crippen molar-refractivity contribution in [3.63, 3.8) is 0 Å². The molecule has 23 heavy (non-hydrogen) atoms. The van der Waals surface area contributed by atoms with E-state index in [1.54, 1.807) is 13.0 Å². The van der Waals surface area contributed by atoms with Crippen molar-refractivity contribution in [2.45, 2.75) is 20.3 Å². The van der Waals surface area contributed by atoms with Crippen LogP contribution in [0.4, 0.5) is 5.82 Å².